The molecule has 1 aromatic rings. The molecule has 21 heavy (non-hydrogen) atoms. The Kier molecular flexibility index (Phi) is 4.29. The Morgan fingerprint density at radius 3 is 2.62 bits per heavy atom. The molecule has 1 aliphatic carbocycles. The molecule has 2 fully saturated rings. The van der Waals surface area contributed by atoms with Crippen LogP contribution in [0.5, 0.6) is 0 Å². The van der Waals surface area contributed by atoms with Gasteiger partial charge in [-0.05, 0) is 36.8 Å². The van der Waals surface area contributed by atoms with Crippen molar-refractivity contribution in [2.75, 3.05) is 20.2 Å². The van der Waals surface area contributed by atoms with Crippen molar-refractivity contribution in [2.45, 2.75) is 38.6 Å². The normalized spacial score (nSPS) is 25.1. The Morgan fingerprint density at radius 2 is 1.95 bits per heavy atom. The van der Waals surface area contributed by atoms with Crippen molar-refractivity contribution >= 4 is 5.97 Å². The lowest BCUT2D eigenvalue weighted by Crippen LogP contribution is -2.49. The molecule has 0 aromatic heterocycles. The van der Waals surface area contributed by atoms with E-state index in [0.29, 0.717) is 0 Å². The SMILES string of the molecule is COC(=O)C1CN(Cc2ccccc2)CCC12CCCC2. The molecule has 114 valence electrons. The van der Waals surface area contributed by atoms with Gasteiger partial charge in [-0.1, -0.05) is 43.2 Å². The summed E-state index contributed by atoms with van der Waals surface area (Å²) >= 11 is 0. The minimum atomic E-state index is -0.00494. The third-order valence-electron chi connectivity index (χ3n) is 5.44. The monoisotopic (exact) mass is 287 g/mol. The minimum Gasteiger partial charge on any atom is -0.469 e. The van der Waals surface area contributed by atoms with Gasteiger partial charge in [-0.3, -0.25) is 9.69 Å². The first-order valence-corrected chi connectivity index (χ1v) is 8.08. The number of ether oxygens (including phenoxy) is 1. The molecular weight excluding hydrogens is 262 g/mol. The van der Waals surface area contributed by atoms with E-state index in [-0.39, 0.29) is 17.3 Å². The Hall–Kier alpha value is -1.35. The van der Waals surface area contributed by atoms with Crippen LogP contribution in [0.15, 0.2) is 30.3 Å². The summed E-state index contributed by atoms with van der Waals surface area (Å²) in [6.07, 6.45) is 6.08. The first-order valence-electron chi connectivity index (χ1n) is 8.08. The summed E-state index contributed by atoms with van der Waals surface area (Å²) in [7, 11) is 1.53. The number of methoxy groups -OCH3 is 1. The van der Waals surface area contributed by atoms with E-state index in [2.05, 4.69) is 29.2 Å². The summed E-state index contributed by atoms with van der Waals surface area (Å²) in [4.78, 5) is 14.7. The van der Waals surface area contributed by atoms with E-state index in [9.17, 15) is 4.79 Å². The summed E-state index contributed by atoms with van der Waals surface area (Å²) in [5.74, 6) is 0.0529. The van der Waals surface area contributed by atoms with E-state index in [0.717, 1.165) is 26.1 Å². The van der Waals surface area contributed by atoms with Crippen LogP contribution in [0, 0.1) is 11.3 Å². The number of nitrogens with zero attached hydrogens (tertiary/aromatic N) is 1. The van der Waals surface area contributed by atoms with Gasteiger partial charge >= 0.3 is 5.97 Å². The zero-order valence-corrected chi connectivity index (χ0v) is 12.9. The predicted octanol–water partition coefficient (Wildman–Crippen LogP) is 3.24. The zero-order chi connectivity index (χ0) is 14.7. The van der Waals surface area contributed by atoms with Crippen molar-refractivity contribution in [2.24, 2.45) is 11.3 Å². The van der Waals surface area contributed by atoms with Gasteiger partial charge in [0.1, 0.15) is 0 Å². The van der Waals surface area contributed by atoms with Crippen LogP contribution < -0.4 is 0 Å². The van der Waals surface area contributed by atoms with Gasteiger partial charge in [0, 0.05) is 13.1 Å². The lowest BCUT2D eigenvalue weighted by atomic mass is 9.69. The molecular formula is C18H25NO2. The van der Waals surface area contributed by atoms with Crippen molar-refractivity contribution < 1.29 is 9.53 Å². The van der Waals surface area contributed by atoms with Gasteiger partial charge in [-0.25, -0.2) is 0 Å². The second kappa shape index (κ2) is 6.18. The molecule has 3 nitrogen and oxygen atoms in total. The maximum atomic E-state index is 12.3. The molecule has 0 amide bonds. The number of hydrogen-bond acceptors (Lipinski definition) is 3. The van der Waals surface area contributed by atoms with E-state index in [1.54, 1.807) is 0 Å². The van der Waals surface area contributed by atoms with E-state index in [1.165, 1.54) is 38.4 Å². The largest absolute Gasteiger partial charge is 0.469 e. The second-order valence-electron chi connectivity index (χ2n) is 6.62. The van der Waals surface area contributed by atoms with Crippen LogP contribution in [-0.4, -0.2) is 31.1 Å². The summed E-state index contributed by atoms with van der Waals surface area (Å²) in [5.41, 5.74) is 1.55. The highest BCUT2D eigenvalue weighted by Gasteiger charge is 2.48. The third kappa shape index (κ3) is 2.98. The fourth-order valence-electron chi connectivity index (χ4n) is 4.23. The number of hydrogen-bond donors (Lipinski definition) is 0. The van der Waals surface area contributed by atoms with E-state index in [1.807, 2.05) is 6.07 Å². The number of likely N-dealkylation sites (tertiary alicyclic amines) is 1. The predicted molar refractivity (Wildman–Crippen MR) is 82.7 cm³/mol. The Morgan fingerprint density at radius 1 is 1.24 bits per heavy atom. The molecule has 1 saturated heterocycles. The standard InChI is InChI=1S/C18H25NO2/c1-21-17(20)16-14-19(13-15-7-3-2-4-8-15)12-11-18(16)9-5-6-10-18/h2-4,7-8,16H,5-6,9-14H2,1H3. The Balaban J connectivity index is 1.72. The summed E-state index contributed by atoms with van der Waals surface area (Å²) < 4.78 is 5.11. The molecule has 3 rings (SSSR count). The van der Waals surface area contributed by atoms with Gasteiger partial charge in [-0.15, -0.1) is 0 Å². The quantitative estimate of drug-likeness (QED) is 0.799. The van der Waals surface area contributed by atoms with E-state index in [4.69, 9.17) is 4.74 Å². The molecule has 1 aromatic carbocycles. The molecule has 0 bridgehead atoms. The average Bonchev–Trinajstić information content (AvgIpc) is 2.99. The highest BCUT2D eigenvalue weighted by molar-refractivity contribution is 5.73. The molecule has 2 aliphatic rings. The average molecular weight is 287 g/mol. The zero-order valence-electron chi connectivity index (χ0n) is 12.9. The number of carbonyl (C=O) groups is 1. The van der Waals surface area contributed by atoms with Gasteiger partial charge in [0.2, 0.25) is 0 Å². The van der Waals surface area contributed by atoms with Crippen LogP contribution in [0.4, 0.5) is 0 Å². The topological polar surface area (TPSA) is 29.5 Å². The maximum Gasteiger partial charge on any atom is 0.310 e. The van der Waals surface area contributed by atoms with Crippen LogP contribution in [0.3, 0.4) is 0 Å². The lowest BCUT2D eigenvalue weighted by Gasteiger charge is -2.44. The molecule has 1 unspecified atom stereocenters. The van der Waals surface area contributed by atoms with Crippen molar-refractivity contribution in [1.29, 1.82) is 0 Å². The fraction of sp³-hybridized carbons (Fsp3) is 0.611. The molecule has 1 atom stereocenters. The van der Waals surface area contributed by atoms with Gasteiger partial charge in [0.05, 0.1) is 13.0 Å². The van der Waals surface area contributed by atoms with Crippen molar-refractivity contribution in [3.8, 4) is 0 Å². The molecule has 0 N–H and O–H groups in total. The number of carbonyl (C=O) groups excluding carboxylic acids is 1. The number of esters is 1. The fourth-order valence-corrected chi connectivity index (χ4v) is 4.23. The van der Waals surface area contributed by atoms with Crippen molar-refractivity contribution in [1.82, 2.24) is 4.90 Å². The number of rotatable bonds is 3. The Labute approximate surface area is 127 Å². The van der Waals surface area contributed by atoms with Gasteiger partial charge in [0.15, 0.2) is 0 Å². The van der Waals surface area contributed by atoms with Crippen LogP contribution >= 0.6 is 0 Å². The number of piperidine rings is 1. The third-order valence-corrected chi connectivity index (χ3v) is 5.44. The molecule has 1 heterocycles. The van der Waals surface area contributed by atoms with Crippen LogP contribution in [0.2, 0.25) is 0 Å². The molecule has 1 spiro atoms. The maximum absolute atomic E-state index is 12.3. The molecule has 0 radical (unpaired) electrons. The summed E-state index contributed by atoms with van der Waals surface area (Å²) in [5, 5.41) is 0. The van der Waals surface area contributed by atoms with Gasteiger partial charge in [0.25, 0.3) is 0 Å². The highest BCUT2D eigenvalue weighted by Crippen LogP contribution is 2.50. The van der Waals surface area contributed by atoms with Gasteiger partial charge in [-0.2, -0.15) is 0 Å². The number of benzene rings is 1. The Bertz CT molecular complexity index is 479. The molecule has 1 aliphatic heterocycles. The van der Waals surface area contributed by atoms with Crippen LogP contribution in [-0.2, 0) is 16.1 Å². The van der Waals surface area contributed by atoms with Crippen LogP contribution in [0.1, 0.15) is 37.7 Å². The minimum absolute atomic E-state index is 0.00494. The smallest absolute Gasteiger partial charge is 0.310 e. The summed E-state index contributed by atoms with van der Waals surface area (Å²) in [6, 6.07) is 10.5. The van der Waals surface area contributed by atoms with Crippen LogP contribution in [0.25, 0.3) is 0 Å². The van der Waals surface area contributed by atoms with Gasteiger partial charge < -0.3 is 4.74 Å². The van der Waals surface area contributed by atoms with Crippen molar-refractivity contribution in [3.63, 3.8) is 0 Å². The first-order chi connectivity index (χ1) is 10.2. The summed E-state index contributed by atoms with van der Waals surface area (Å²) in [6.45, 7) is 2.88. The van der Waals surface area contributed by atoms with Crippen molar-refractivity contribution in [3.05, 3.63) is 35.9 Å². The first kappa shape index (κ1) is 14.6. The molecule has 3 heteroatoms. The lowest BCUT2D eigenvalue weighted by molar-refractivity contribution is -0.154. The van der Waals surface area contributed by atoms with E-state index < -0.39 is 0 Å². The highest BCUT2D eigenvalue weighted by atomic mass is 16.5. The molecule has 1 saturated carbocycles. The second-order valence-corrected chi connectivity index (χ2v) is 6.62. The van der Waals surface area contributed by atoms with E-state index >= 15 is 0 Å².